The van der Waals surface area contributed by atoms with Crippen molar-refractivity contribution in [3.63, 3.8) is 0 Å². The van der Waals surface area contributed by atoms with Crippen LogP contribution in [0.2, 0.25) is 0 Å². The average Bonchev–Trinajstić information content (AvgIpc) is 2.77. The molecule has 1 fully saturated rings. The Balaban J connectivity index is 0.00000320. The van der Waals surface area contributed by atoms with Gasteiger partial charge >= 0.3 is 0 Å². The Labute approximate surface area is 185 Å². The number of nitrogens with two attached hydrogens (primary N) is 1. The van der Waals surface area contributed by atoms with Gasteiger partial charge in [0.2, 0.25) is 11.8 Å². The lowest BCUT2D eigenvalue weighted by atomic mass is 9.95. The first-order valence-electron chi connectivity index (χ1n) is 10.5. The van der Waals surface area contributed by atoms with Crippen LogP contribution in [0.3, 0.4) is 0 Å². The van der Waals surface area contributed by atoms with Gasteiger partial charge in [0, 0.05) is 26.2 Å². The first kappa shape index (κ1) is 23.9. The summed E-state index contributed by atoms with van der Waals surface area (Å²) in [6.45, 7) is 3.05. The van der Waals surface area contributed by atoms with Gasteiger partial charge < -0.3 is 15.5 Å². The van der Waals surface area contributed by atoms with E-state index in [1.54, 1.807) is 0 Å². The van der Waals surface area contributed by atoms with E-state index in [0.29, 0.717) is 32.6 Å². The molecule has 1 atom stereocenters. The lowest BCUT2D eigenvalue weighted by Gasteiger charge is -2.35. The molecule has 0 bridgehead atoms. The molecule has 1 heterocycles. The van der Waals surface area contributed by atoms with Gasteiger partial charge in [0.05, 0.1) is 12.3 Å². The van der Waals surface area contributed by atoms with E-state index in [-0.39, 0.29) is 30.1 Å². The standard InChI is InChI=1S/C24H31N3O2.ClH/c25-14-8-16-27(18-21-11-5-2-6-12-21)24(29)22-13-7-15-26(19-22)23(28)17-20-9-3-1-4-10-20;/h1-6,9-12,22H,7-8,13-19,25H2;1H. The van der Waals surface area contributed by atoms with Crippen molar-refractivity contribution in [2.75, 3.05) is 26.2 Å². The predicted molar refractivity (Wildman–Crippen MR) is 122 cm³/mol. The minimum absolute atomic E-state index is 0. The molecule has 162 valence electrons. The fourth-order valence-electron chi connectivity index (χ4n) is 3.90. The van der Waals surface area contributed by atoms with Gasteiger partial charge in [-0.1, -0.05) is 60.7 Å². The van der Waals surface area contributed by atoms with E-state index in [1.165, 1.54) is 0 Å². The normalized spacial score (nSPS) is 15.9. The number of piperidine rings is 1. The van der Waals surface area contributed by atoms with Gasteiger partial charge in [0.25, 0.3) is 0 Å². The van der Waals surface area contributed by atoms with Gasteiger partial charge in [-0.05, 0) is 36.9 Å². The zero-order valence-electron chi connectivity index (χ0n) is 17.4. The number of likely N-dealkylation sites (tertiary alicyclic amines) is 1. The van der Waals surface area contributed by atoms with Crippen molar-refractivity contribution in [3.05, 3.63) is 71.8 Å². The maximum Gasteiger partial charge on any atom is 0.227 e. The van der Waals surface area contributed by atoms with Crippen LogP contribution in [0, 0.1) is 5.92 Å². The summed E-state index contributed by atoms with van der Waals surface area (Å²) in [4.78, 5) is 29.8. The lowest BCUT2D eigenvalue weighted by Crippen LogP contribution is -2.47. The fourth-order valence-corrected chi connectivity index (χ4v) is 3.90. The molecule has 6 heteroatoms. The van der Waals surface area contributed by atoms with Crippen molar-refractivity contribution in [3.8, 4) is 0 Å². The summed E-state index contributed by atoms with van der Waals surface area (Å²) in [7, 11) is 0. The summed E-state index contributed by atoms with van der Waals surface area (Å²) in [5, 5.41) is 0. The molecule has 1 aliphatic heterocycles. The summed E-state index contributed by atoms with van der Waals surface area (Å²) in [5.74, 6) is 0.106. The molecule has 30 heavy (non-hydrogen) atoms. The van der Waals surface area contributed by atoms with Crippen molar-refractivity contribution in [2.45, 2.75) is 32.2 Å². The van der Waals surface area contributed by atoms with Crippen LogP contribution in [-0.2, 0) is 22.6 Å². The van der Waals surface area contributed by atoms with E-state index in [4.69, 9.17) is 5.73 Å². The van der Waals surface area contributed by atoms with Crippen molar-refractivity contribution >= 4 is 24.2 Å². The molecule has 2 aromatic rings. The third-order valence-electron chi connectivity index (χ3n) is 5.48. The molecular weight excluding hydrogens is 398 g/mol. The van der Waals surface area contributed by atoms with Crippen LogP contribution in [0.15, 0.2) is 60.7 Å². The van der Waals surface area contributed by atoms with Crippen LogP contribution in [0.5, 0.6) is 0 Å². The zero-order chi connectivity index (χ0) is 20.5. The Kier molecular flexibility index (Phi) is 9.84. The predicted octanol–water partition coefficient (Wildman–Crippen LogP) is 3.27. The average molecular weight is 430 g/mol. The molecule has 0 saturated carbocycles. The number of halogens is 1. The quantitative estimate of drug-likeness (QED) is 0.700. The molecule has 2 aromatic carbocycles. The third kappa shape index (κ3) is 6.85. The Morgan fingerprint density at radius 3 is 2.27 bits per heavy atom. The van der Waals surface area contributed by atoms with Gasteiger partial charge in [-0.15, -0.1) is 12.4 Å². The van der Waals surface area contributed by atoms with Gasteiger partial charge in [0.15, 0.2) is 0 Å². The van der Waals surface area contributed by atoms with Gasteiger partial charge in [0.1, 0.15) is 0 Å². The number of hydrogen-bond acceptors (Lipinski definition) is 3. The second-order valence-electron chi connectivity index (χ2n) is 7.73. The molecule has 1 aliphatic rings. The minimum Gasteiger partial charge on any atom is -0.342 e. The molecule has 1 saturated heterocycles. The van der Waals surface area contributed by atoms with Crippen LogP contribution in [0.25, 0.3) is 0 Å². The molecule has 3 rings (SSSR count). The molecular formula is C24H32ClN3O2. The second-order valence-corrected chi connectivity index (χ2v) is 7.73. The summed E-state index contributed by atoms with van der Waals surface area (Å²) in [5.41, 5.74) is 7.82. The highest BCUT2D eigenvalue weighted by atomic mass is 35.5. The summed E-state index contributed by atoms with van der Waals surface area (Å²) in [6.07, 6.45) is 2.87. The highest BCUT2D eigenvalue weighted by molar-refractivity contribution is 5.85. The van der Waals surface area contributed by atoms with Gasteiger partial charge in [-0.3, -0.25) is 9.59 Å². The molecule has 2 N–H and O–H groups in total. The van der Waals surface area contributed by atoms with Crippen LogP contribution in [-0.4, -0.2) is 47.8 Å². The van der Waals surface area contributed by atoms with E-state index < -0.39 is 0 Å². The van der Waals surface area contributed by atoms with Gasteiger partial charge in [-0.25, -0.2) is 0 Å². The number of carbonyl (C=O) groups is 2. The number of carbonyl (C=O) groups excluding carboxylic acids is 2. The maximum atomic E-state index is 13.3. The molecule has 0 radical (unpaired) electrons. The SMILES string of the molecule is Cl.NCCCN(Cc1ccccc1)C(=O)C1CCCN(C(=O)Cc2ccccc2)C1. The Morgan fingerprint density at radius 1 is 1.00 bits per heavy atom. The zero-order valence-corrected chi connectivity index (χ0v) is 18.2. The third-order valence-corrected chi connectivity index (χ3v) is 5.48. The topological polar surface area (TPSA) is 66.6 Å². The summed E-state index contributed by atoms with van der Waals surface area (Å²) < 4.78 is 0. The first-order chi connectivity index (χ1) is 14.2. The molecule has 0 aromatic heterocycles. The molecule has 1 unspecified atom stereocenters. The van der Waals surface area contributed by atoms with Crippen molar-refractivity contribution < 1.29 is 9.59 Å². The van der Waals surface area contributed by atoms with E-state index in [9.17, 15) is 9.59 Å². The largest absolute Gasteiger partial charge is 0.342 e. The van der Waals surface area contributed by atoms with E-state index in [1.807, 2.05) is 70.5 Å². The Bertz CT molecular complexity index is 786. The molecule has 0 spiro atoms. The van der Waals surface area contributed by atoms with Crippen LogP contribution in [0.1, 0.15) is 30.4 Å². The number of rotatable bonds is 8. The highest BCUT2D eigenvalue weighted by Crippen LogP contribution is 2.21. The van der Waals surface area contributed by atoms with E-state index in [0.717, 1.165) is 36.9 Å². The molecule has 5 nitrogen and oxygen atoms in total. The second kappa shape index (κ2) is 12.4. The molecule has 2 amide bonds. The van der Waals surface area contributed by atoms with Crippen molar-refractivity contribution in [1.29, 1.82) is 0 Å². The lowest BCUT2D eigenvalue weighted by molar-refractivity contribution is -0.141. The fraction of sp³-hybridized carbons (Fsp3) is 0.417. The number of nitrogens with zero attached hydrogens (tertiary/aromatic N) is 2. The number of amides is 2. The number of hydrogen-bond donors (Lipinski definition) is 1. The maximum absolute atomic E-state index is 13.3. The van der Waals surface area contributed by atoms with Gasteiger partial charge in [-0.2, -0.15) is 0 Å². The first-order valence-corrected chi connectivity index (χ1v) is 10.5. The highest BCUT2D eigenvalue weighted by Gasteiger charge is 2.31. The Hall–Kier alpha value is -2.37. The van der Waals surface area contributed by atoms with Crippen LogP contribution >= 0.6 is 12.4 Å². The van der Waals surface area contributed by atoms with E-state index >= 15 is 0 Å². The van der Waals surface area contributed by atoms with Crippen molar-refractivity contribution in [1.82, 2.24) is 9.80 Å². The smallest absolute Gasteiger partial charge is 0.227 e. The van der Waals surface area contributed by atoms with Crippen LogP contribution < -0.4 is 5.73 Å². The Morgan fingerprint density at radius 2 is 1.63 bits per heavy atom. The summed E-state index contributed by atoms with van der Waals surface area (Å²) >= 11 is 0. The van der Waals surface area contributed by atoms with Crippen LogP contribution in [0.4, 0.5) is 0 Å². The van der Waals surface area contributed by atoms with Crippen molar-refractivity contribution in [2.24, 2.45) is 11.7 Å². The monoisotopic (exact) mass is 429 g/mol. The summed E-state index contributed by atoms with van der Waals surface area (Å²) in [6, 6.07) is 19.8. The minimum atomic E-state index is -0.134. The number of benzene rings is 2. The van der Waals surface area contributed by atoms with E-state index in [2.05, 4.69) is 0 Å². The molecule has 0 aliphatic carbocycles.